The van der Waals surface area contributed by atoms with Gasteiger partial charge in [-0.05, 0) is 90.0 Å². The SMILES string of the molecule is CCO.CNc1nc2ccccc2nc1Nc1cc(OC)ccc1Cl.Cc1cccc(C(=O)NC(C)(C)CN2CCCCC2)c1. The van der Waals surface area contributed by atoms with Gasteiger partial charge in [-0.3, -0.25) is 4.79 Å². The van der Waals surface area contributed by atoms with Crippen LogP contribution in [0.2, 0.25) is 5.02 Å². The van der Waals surface area contributed by atoms with Crippen molar-refractivity contribution in [3.05, 3.63) is 82.9 Å². The van der Waals surface area contributed by atoms with Gasteiger partial charge in [-0.1, -0.05) is 47.9 Å². The Balaban J connectivity index is 0.000000227. The van der Waals surface area contributed by atoms with Gasteiger partial charge in [0.1, 0.15) is 5.75 Å². The molecule has 1 aliphatic heterocycles. The van der Waals surface area contributed by atoms with Gasteiger partial charge < -0.3 is 30.7 Å². The van der Waals surface area contributed by atoms with Gasteiger partial charge in [0.2, 0.25) is 0 Å². The second-order valence-electron chi connectivity index (χ2n) is 11.5. The van der Waals surface area contributed by atoms with Crippen LogP contribution in [0.5, 0.6) is 5.75 Å². The number of aromatic nitrogens is 2. The van der Waals surface area contributed by atoms with Crippen molar-refractivity contribution in [3.8, 4) is 5.75 Å². The Morgan fingerprint density at radius 3 is 2.22 bits per heavy atom. The molecule has 10 heteroatoms. The van der Waals surface area contributed by atoms with Crippen LogP contribution in [0, 0.1) is 6.92 Å². The Bertz CT molecular complexity index is 1520. The highest BCUT2D eigenvalue weighted by molar-refractivity contribution is 6.33. The molecule has 3 aromatic carbocycles. The first-order chi connectivity index (χ1) is 21.6. The van der Waals surface area contributed by atoms with Crippen molar-refractivity contribution in [2.24, 2.45) is 0 Å². The number of ether oxygens (including phenoxy) is 1. The number of nitrogens with one attached hydrogen (secondary N) is 3. The second-order valence-corrected chi connectivity index (χ2v) is 11.9. The molecule has 0 saturated carbocycles. The van der Waals surface area contributed by atoms with E-state index in [0.29, 0.717) is 28.1 Å². The van der Waals surface area contributed by atoms with E-state index >= 15 is 0 Å². The van der Waals surface area contributed by atoms with Gasteiger partial charge in [0.15, 0.2) is 11.6 Å². The topological polar surface area (TPSA) is 112 Å². The van der Waals surface area contributed by atoms with Crippen LogP contribution in [0.4, 0.5) is 17.3 Å². The van der Waals surface area contributed by atoms with E-state index in [-0.39, 0.29) is 18.1 Å². The molecule has 9 nitrogen and oxygen atoms in total. The van der Waals surface area contributed by atoms with Crippen LogP contribution in [0.15, 0.2) is 66.7 Å². The first-order valence-corrected chi connectivity index (χ1v) is 15.7. The number of carbonyl (C=O) groups is 1. The molecular weight excluding hydrogens is 588 g/mol. The fourth-order valence-corrected chi connectivity index (χ4v) is 5.16. The highest BCUT2D eigenvalue weighted by Crippen LogP contribution is 2.31. The van der Waals surface area contributed by atoms with Crippen molar-refractivity contribution in [1.29, 1.82) is 0 Å². The van der Waals surface area contributed by atoms with E-state index in [1.807, 2.05) is 61.5 Å². The zero-order valence-electron chi connectivity index (χ0n) is 27.3. The summed E-state index contributed by atoms with van der Waals surface area (Å²) < 4.78 is 5.22. The Hall–Kier alpha value is -3.92. The van der Waals surface area contributed by atoms with Gasteiger partial charge in [-0.15, -0.1) is 0 Å². The lowest BCUT2D eigenvalue weighted by Gasteiger charge is -2.35. The van der Waals surface area contributed by atoms with Crippen LogP contribution >= 0.6 is 11.6 Å². The zero-order valence-corrected chi connectivity index (χ0v) is 28.0. The van der Waals surface area contributed by atoms with Crippen LogP contribution in [-0.2, 0) is 0 Å². The lowest BCUT2D eigenvalue weighted by molar-refractivity contribution is 0.0878. The standard InChI is InChI=1S/C17H26N2O.C16H15ClN4O.C2H6O/c1-14-8-7-9-15(12-14)16(20)18-17(2,3)13-19-10-5-4-6-11-19;1-18-15-16(20-13-6-4-3-5-12(13)19-15)21-14-9-10(22-2)7-8-11(14)17;1-2-3/h7-9,12H,4-6,10-11,13H2,1-3H3,(H,18,20);3-9H,1-2H3,(H,18,19)(H,20,21);3H,2H2,1H3. The van der Waals surface area contributed by atoms with Crippen LogP contribution < -0.4 is 20.7 Å². The summed E-state index contributed by atoms with van der Waals surface area (Å²) in [6.45, 7) is 11.4. The summed E-state index contributed by atoms with van der Waals surface area (Å²) in [5, 5.41) is 17.6. The quantitative estimate of drug-likeness (QED) is 0.163. The number of para-hydroxylation sites is 2. The molecule has 0 aliphatic carbocycles. The average molecular weight is 635 g/mol. The molecule has 4 aromatic rings. The average Bonchev–Trinajstić information content (AvgIpc) is 3.02. The van der Waals surface area contributed by atoms with Gasteiger partial charge >= 0.3 is 0 Å². The lowest BCUT2D eigenvalue weighted by Crippen LogP contribution is -2.52. The number of carbonyl (C=O) groups excluding carboxylic acids is 1. The molecule has 0 radical (unpaired) electrons. The molecule has 2 heterocycles. The van der Waals surface area contributed by atoms with E-state index in [9.17, 15) is 4.79 Å². The number of fused-ring (bicyclic) bond motifs is 1. The molecule has 1 aromatic heterocycles. The van der Waals surface area contributed by atoms with E-state index in [1.54, 1.807) is 33.2 Å². The minimum atomic E-state index is -0.196. The maximum Gasteiger partial charge on any atom is 0.251 e. The Labute approximate surface area is 272 Å². The molecule has 5 rings (SSSR count). The number of anilines is 3. The van der Waals surface area contributed by atoms with E-state index in [1.165, 1.54) is 19.3 Å². The van der Waals surface area contributed by atoms with Crippen molar-refractivity contribution >= 4 is 45.9 Å². The number of aliphatic hydroxyl groups excluding tert-OH is 1. The number of piperidine rings is 1. The smallest absolute Gasteiger partial charge is 0.251 e. The van der Waals surface area contributed by atoms with Crippen molar-refractivity contribution in [2.75, 3.05) is 51.0 Å². The third kappa shape index (κ3) is 11.2. The summed E-state index contributed by atoms with van der Waals surface area (Å²) in [5.41, 5.74) is 4.01. The number of amides is 1. The van der Waals surface area contributed by atoms with Gasteiger partial charge in [-0.2, -0.15) is 0 Å². The number of methoxy groups -OCH3 is 1. The number of nitrogens with zero attached hydrogens (tertiary/aromatic N) is 3. The Morgan fingerprint density at radius 1 is 0.978 bits per heavy atom. The molecule has 0 atom stereocenters. The number of aliphatic hydroxyl groups is 1. The van der Waals surface area contributed by atoms with E-state index in [2.05, 4.69) is 44.7 Å². The predicted octanol–water partition coefficient (Wildman–Crippen LogP) is 7.07. The van der Waals surface area contributed by atoms with Gasteiger partial charge in [-0.25, -0.2) is 9.97 Å². The molecule has 1 amide bonds. The predicted molar refractivity (Wildman–Crippen MR) is 186 cm³/mol. The molecule has 1 aliphatic rings. The molecular formula is C35H47ClN6O3. The Morgan fingerprint density at radius 2 is 1.62 bits per heavy atom. The van der Waals surface area contributed by atoms with Crippen molar-refractivity contribution in [3.63, 3.8) is 0 Å². The van der Waals surface area contributed by atoms with Crippen LogP contribution in [0.1, 0.15) is 56.0 Å². The molecule has 0 spiro atoms. The fourth-order valence-electron chi connectivity index (χ4n) is 5.00. The third-order valence-corrected chi connectivity index (χ3v) is 7.36. The van der Waals surface area contributed by atoms with Crippen molar-refractivity contribution < 1.29 is 14.6 Å². The minimum Gasteiger partial charge on any atom is -0.497 e. The van der Waals surface area contributed by atoms with E-state index in [0.717, 1.165) is 41.8 Å². The van der Waals surface area contributed by atoms with Gasteiger partial charge in [0, 0.05) is 37.4 Å². The number of rotatable bonds is 8. The summed E-state index contributed by atoms with van der Waals surface area (Å²) in [6, 6.07) is 20.9. The van der Waals surface area contributed by atoms with Crippen LogP contribution in [0.25, 0.3) is 11.0 Å². The van der Waals surface area contributed by atoms with Crippen LogP contribution in [0.3, 0.4) is 0 Å². The molecule has 242 valence electrons. The summed E-state index contributed by atoms with van der Waals surface area (Å²) >= 11 is 6.23. The summed E-state index contributed by atoms with van der Waals surface area (Å²) in [5.74, 6) is 2.00. The summed E-state index contributed by atoms with van der Waals surface area (Å²) in [7, 11) is 3.42. The number of benzene rings is 3. The maximum atomic E-state index is 12.3. The highest BCUT2D eigenvalue weighted by atomic mass is 35.5. The van der Waals surface area contributed by atoms with E-state index < -0.39 is 0 Å². The molecule has 0 bridgehead atoms. The number of halogens is 1. The third-order valence-electron chi connectivity index (χ3n) is 7.03. The first-order valence-electron chi connectivity index (χ1n) is 15.4. The fraction of sp³-hybridized carbons (Fsp3) is 0.400. The number of hydrogen-bond donors (Lipinski definition) is 4. The highest BCUT2D eigenvalue weighted by Gasteiger charge is 2.25. The largest absolute Gasteiger partial charge is 0.497 e. The summed E-state index contributed by atoms with van der Waals surface area (Å²) in [6.07, 6.45) is 3.90. The maximum absolute atomic E-state index is 12.3. The Kier molecular flexibility index (Phi) is 13.9. The number of likely N-dealkylation sites (tertiary alicyclic amines) is 1. The normalized spacial score (nSPS) is 13.1. The van der Waals surface area contributed by atoms with E-state index in [4.69, 9.17) is 21.4 Å². The van der Waals surface area contributed by atoms with Gasteiger partial charge in [0.25, 0.3) is 5.91 Å². The number of aryl methyl sites for hydroxylation is 1. The van der Waals surface area contributed by atoms with Gasteiger partial charge in [0.05, 0.1) is 28.9 Å². The zero-order chi connectivity index (χ0) is 32.8. The molecule has 1 saturated heterocycles. The van der Waals surface area contributed by atoms with Crippen molar-refractivity contribution in [1.82, 2.24) is 20.2 Å². The minimum absolute atomic E-state index is 0.0238. The van der Waals surface area contributed by atoms with Crippen LogP contribution in [-0.4, -0.2) is 71.8 Å². The molecule has 1 fully saturated rings. The monoisotopic (exact) mass is 634 g/mol. The molecule has 45 heavy (non-hydrogen) atoms. The summed E-state index contributed by atoms with van der Waals surface area (Å²) in [4.78, 5) is 23.9. The lowest BCUT2D eigenvalue weighted by atomic mass is 10.0. The van der Waals surface area contributed by atoms with Crippen molar-refractivity contribution in [2.45, 2.75) is 52.5 Å². The first kappa shape index (κ1) is 35.6. The number of hydrogen-bond acceptors (Lipinski definition) is 8. The molecule has 0 unspecified atom stereocenters. The second kappa shape index (κ2) is 17.5. The molecule has 4 N–H and O–H groups in total.